The topological polar surface area (TPSA) is 78.0 Å². The minimum absolute atomic E-state index is 0.0105. The summed E-state index contributed by atoms with van der Waals surface area (Å²) in [6, 6.07) is 1.22. The van der Waals surface area contributed by atoms with E-state index < -0.39 is 18.1 Å². The SMILES string of the molecule is Cc1noc(C)c1Cn1cc([C@@H]2C[C@]3(C[C@H](C)N2)OCC(F)(F)c2cc(Cl)sc23)nn1. The lowest BCUT2D eigenvalue weighted by Crippen LogP contribution is -2.51. The van der Waals surface area contributed by atoms with Gasteiger partial charge < -0.3 is 14.6 Å². The van der Waals surface area contributed by atoms with E-state index in [0.29, 0.717) is 28.6 Å². The molecule has 3 aromatic rings. The van der Waals surface area contributed by atoms with Gasteiger partial charge in [-0.15, -0.1) is 16.4 Å². The van der Waals surface area contributed by atoms with Gasteiger partial charge in [0.05, 0.1) is 34.5 Å². The lowest BCUT2D eigenvalue weighted by atomic mass is 9.78. The van der Waals surface area contributed by atoms with E-state index in [-0.39, 0.29) is 17.6 Å². The van der Waals surface area contributed by atoms with Gasteiger partial charge in [-0.2, -0.15) is 8.78 Å². The summed E-state index contributed by atoms with van der Waals surface area (Å²) in [5.74, 6) is -2.29. The first-order chi connectivity index (χ1) is 14.7. The Morgan fingerprint density at radius 2 is 2.16 bits per heavy atom. The molecule has 1 spiro atoms. The van der Waals surface area contributed by atoms with Crippen LogP contribution in [0, 0.1) is 13.8 Å². The van der Waals surface area contributed by atoms with Crippen molar-refractivity contribution in [3.8, 4) is 0 Å². The first kappa shape index (κ1) is 21.0. The summed E-state index contributed by atoms with van der Waals surface area (Å²) in [4.78, 5) is 0.523. The van der Waals surface area contributed by atoms with Crippen molar-refractivity contribution in [1.82, 2.24) is 25.5 Å². The Kier molecular flexibility index (Phi) is 4.96. The van der Waals surface area contributed by atoms with E-state index in [4.69, 9.17) is 20.9 Å². The van der Waals surface area contributed by atoms with Gasteiger partial charge >= 0.3 is 0 Å². The van der Waals surface area contributed by atoms with Crippen LogP contribution in [0.4, 0.5) is 8.78 Å². The molecule has 166 valence electrons. The zero-order valence-corrected chi connectivity index (χ0v) is 18.9. The van der Waals surface area contributed by atoms with E-state index in [1.807, 2.05) is 27.0 Å². The fraction of sp³-hybridized carbons (Fsp3) is 0.550. The van der Waals surface area contributed by atoms with E-state index in [0.717, 1.165) is 22.7 Å². The average molecular weight is 470 g/mol. The van der Waals surface area contributed by atoms with Crippen LogP contribution in [-0.4, -0.2) is 32.8 Å². The number of ether oxygens (including phenoxy) is 1. The van der Waals surface area contributed by atoms with Crippen LogP contribution in [0.25, 0.3) is 0 Å². The van der Waals surface area contributed by atoms with Crippen LogP contribution in [0.3, 0.4) is 0 Å². The maximum absolute atomic E-state index is 14.5. The third-order valence-electron chi connectivity index (χ3n) is 6.11. The summed E-state index contributed by atoms with van der Waals surface area (Å²) >= 11 is 7.32. The molecule has 3 aromatic heterocycles. The summed E-state index contributed by atoms with van der Waals surface area (Å²) in [6.45, 7) is 5.62. The van der Waals surface area contributed by atoms with Gasteiger partial charge in [0.15, 0.2) is 0 Å². The third-order valence-corrected chi connectivity index (χ3v) is 7.56. The molecule has 0 saturated carbocycles. The predicted molar refractivity (Wildman–Crippen MR) is 111 cm³/mol. The number of aromatic nitrogens is 4. The molecule has 0 radical (unpaired) electrons. The number of halogens is 3. The van der Waals surface area contributed by atoms with Gasteiger partial charge in [0.25, 0.3) is 5.92 Å². The normalized spacial score (nSPS) is 27.5. The maximum atomic E-state index is 14.5. The first-order valence-electron chi connectivity index (χ1n) is 10.1. The predicted octanol–water partition coefficient (Wildman–Crippen LogP) is 4.48. The van der Waals surface area contributed by atoms with Crippen LogP contribution in [0.1, 0.15) is 59.0 Å². The number of piperidine rings is 1. The summed E-state index contributed by atoms with van der Waals surface area (Å²) in [6.07, 6.45) is 2.92. The summed E-state index contributed by atoms with van der Waals surface area (Å²) in [5.41, 5.74) is 1.69. The smallest absolute Gasteiger partial charge is 0.297 e. The molecule has 5 rings (SSSR count). The van der Waals surface area contributed by atoms with Crippen LogP contribution >= 0.6 is 22.9 Å². The zero-order chi connectivity index (χ0) is 22.0. The van der Waals surface area contributed by atoms with Gasteiger partial charge in [-0.25, -0.2) is 4.68 Å². The quantitative estimate of drug-likeness (QED) is 0.609. The minimum Gasteiger partial charge on any atom is -0.363 e. The van der Waals surface area contributed by atoms with Crippen LogP contribution in [-0.2, 0) is 22.8 Å². The molecule has 0 unspecified atom stereocenters. The summed E-state index contributed by atoms with van der Waals surface area (Å²) < 4.78 is 42.2. The second kappa shape index (κ2) is 7.33. The molecule has 0 aliphatic carbocycles. The number of nitrogens with zero attached hydrogens (tertiary/aromatic N) is 4. The van der Waals surface area contributed by atoms with Gasteiger partial charge in [0, 0.05) is 28.5 Å². The lowest BCUT2D eigenvalue weighted by molar-refractivity contribution is -0.183. The van der Waals surface area contributed by atoms with Gasteiger partial charge in [0.2, 0.25) is 0 Å². The van der Waals surface area contributed by atoms with Crippen molar-refractivity contribution in [2.45, 2.75) is 63.8 Å². The Hall–Kier alpha value is -1.88. The van der Waals surface area contributed by atoms with Gasteiger partial charge in [-0.05, 0) is 33.3 Å². The molecule has 1 saturated heterocycles. The molecular weight excluding hydrogens is 448 g/mol. The second-order valence-corrected chi connectivity index (χ2v) is 10.1. The second-order valence-electron chi connectivity index (χ2n) is 8.45. The molecule has 0 bridgehead atoms. The lowest BCUT2D eigenvalue weighted by Gasteiger charge is -2.47. The number of rotatable bonds is 3. The highest BCUT2D eigenvalue weighted by molar-refractivity contribution is 7.16. The van der Waals surface area contributed by atoms with Gasteiger partial charge in [0.1, 0.15) is 18.0 Å². The Labute approximate surface area is 186 Å². The largest absolute Gasteiger partial charge is 0.363 e. The standard InChI is InChI=1S/C20H22ClF2N5O2S/c1-10-5-19(18-14(4-17(21)31-18)20(22,23)9-29-19)6-15(24-10)16-8-28(27-25-16)7-13-11(2)26-30-12(13)3/h4,8,10,15,24H,5-7,9H2,1-3H3/t10-,15-,19-/m0/s1. The minimum atomic E-state index is -3.04. The Morgan fingerprint density at radius 3 is 2.90 bits per heavy atom. The number of hydrogen-bond donors (Lipinski definition) is 1. The summed E-state index contributed by atoms with van der Waals surface area (Å²) in [7, 11) is 0. The molecular formula is C20H22ClF2N5O2S. The van der Waals surface area contributed by atoms with E-state index in [9.17, 15) is 8.78 Å². The first-order valence-corrected chi connectivity index (χ1v) is 11.3. The summed E-state index contributed by atoms with van der Waals surface area (Å²) in [5, 5.41) is 16.1. The highest BCUT2D eigenvalue weighted by Crippen LogP contribution is 2.54. The van der Waals surface area contributed by atoms with Gasteiger partial charge in [-0.3, -0.25) is 0 Å². The average Bonchev–Trinajstić information content (AvgIpc) is 3.41. The van der Waals surface area contributed by atoms with E-state index in [1.165, 1.54) is 17.4 Å². The number of fused-ring (bicyclic) bond motifs is 2. The Morgan fingerprint density at radius 1 is 1.35 bits per heavy atom. The van der Waals surface area contributed by atoms with Gasteiger partial charge in [-0.1, -0.05) is 22.0 Å². The molecule has 5 heterocycles. The number of hydrogen-bond acceptors (Lipinski definition) is 7. The Balaban J connectivity index is 1.44. The molecule has 2 aliphatic rings. The van der Waals surface area contributed by atoms with Crippen molar-refractivity contribution in [2.75, 3.05) is 6.61 Å². The number of alkyl halides is 2. The van der Waals surface area contributed by atoms with Crippen molar-refractivity contribution >= 4 is 22.9 Å². The fourth-order valence-corrected chi connectivity index (χ4v) is 6.09. The number of thiophene rings is 1. The highest BCUT2D eigenvalue weighted by atomic mass is 35.5. The van der Waals surface area contributed by atoms with E-state index in [2.05, 4.69) is 20.8 Å². The van der Waals surface area contributed by atoms with Crippen LogP contribution < -0.4 is 5.32 Å². The number of aryl methyl sites for hydroxylation is 2. The molecule has 1 fully saturated rings. The molecule has 1 N–H and O–H groups in total. The Bertz CT molecular complexity index is 1110. The zero-order valence-electron chi connectivity index (χ0n) is 17.3. The molecule has 0 amide bonds. The molecule has 2 aliphatic heterocycles. The van der Waals surface area contributed by atoms with Crippen molar-refractivity contribution in [2.24, 2.45) is 0 Å². The third kappa shape index (κ3) is 3.59. The highest BCUT2D eigenvalue weighted by Gasteiger charge is 2.53. The van der Waals surface area contributed by atoms with Crippen molar-refractivity contribution < 1.29 is 18.0 Å². The van der Waals surface area contributed by atoms with Crippen LogP contribution in [0.2, 0.25) is 4.34 Å². The van der Waals surface area contributed by atoms with Crippen molar-refractivity contribution in [1.29, 1.82) is 0 Å². The molecule has 0 aromatic carbocycles. The molecule has 3 atom stereocenters. The van der Waals surface area contributed by atoms with E-state index >= 15 is 0 Å². The molecule has 31 heavy (non-hydrogen) atoms. The fourth-order valence-electron chi connectivity index (χ4n) is 4.65. The van der Waals surface area contributed by atoms with Crippen molar-refractivity contribution in [3.63, 3.8) is 0 Å². The maximum Gasteiger partial charge on any atom is 0.297 e. The van der Waals surface area contributed by atoms with E-state index in [1.54, 1.807) is 4.68 Å². The number of nitrogens with one attached hydrogen (secondary N) is 1. The molecule has 11 heteroatoms. The van der Waals surface area contributed by atoms with Crippen molar-refractivity contribution in [3.05, 3.63) is 49.8 Å². The van der Waals surface area contributed by atoms with Crippen LogP contribution in [0.15, 0.2) is 16.8 Å². The monoisotopic (exact) mass is 469 g/mol. The van der Waals surface area contributed by atoms with Crippen LogP contribution in [0.5, 0.6) is 0 Å². The molecule has 7 nitrogen and oxygen atoms in total.